The predicted molar refractivity (Wildman–Crippen MR) is 49.3 cm³/mol. The van der Waals surface area contributed by atoms with E-state index in [9.17, 15) is 18.0 Å². The Bertz CT molecular complexity index is 421. The Labute approximate surface area is 89.7 Å². The maximum Gasteiger partial charge on any atom is 0.436 e. The first kappa shape index (κ1) is 12.5. The molecule has 4 nitrogen and oxygen atoms in total. The molecule has 0 bridgehead atoms. The molecule has 0 amide bonds. The topological polar surface area (TPSA) is 55.1 Å². The largest absolute Gasteiger partial charge is 0.478 e. The molecule has 0 spiro atoms. The third-order valence-corrected chi connectivity index (χ3v) is 2.12. The number of nitrogens with zero attached hydrogens (tertiary/aromatic N) is 2. The first-order valence-corrected chi connectivity index (χ1v) is 4.55. The number of hydrogen-bond acceptors (Lipinski definition) is 2. The minimum atomic E-state index is -4.75. The van der Waals surface area contributed by atoms with E-state index in [4.69, 9.17) is 5.11 Å². The van der Waals surface area contributed by atoms with Crippen molar-refractivity contribution in [2.24, 2.45) is 0 Å². The van der Waals surface area contributed by atoms with Gasteiger partial charge in [-0.05, 0) is 20.8 Å². The summed E-state index contributed by atoms with van der Waals surface area (Å²) in [4.78, 5) is 10.8. The zero-order valence-corrected chi connectivity index (χ0v) is 8.96. The van der Waals surface area contributed by atoms with Crippen molar-refractivity contribution >= 4 is 5.97 Å². The average molecular weight is 236 g/mol. The highest BCUT2D eigenvalue weighted by Gasteiger charge is 2.41. The standard InChI is InChI=1S/C9H11F3N2O2/c1-4(2)14-5(3)6(8(15)16)7(13-14)9(10,11)12/h4H,1-3H3,(H,15,16). The molecule has 1 aromatic rings. The lowest BCUT2D eigenvalue weighted by molar-refractivity contribution is -0.142. The Morgan fingerprint density at radius 2 is 1.94 bits per heavy atom. The average Bonchev–Trinajstić information content (AvgIpc) is 2.41. The van der Waals surface area contributed by atoms with Gasteiger partial charge in [0, 0.05) is 6.04 Å². The van der Waals surface area contributed by atoms with Gasteiger partial charge in [-0.15, -0.1) is 0 Å². The molecule has 0 aliphatic rings. The molecule has 1 aromatic heterocycles. The second kappa shape index (κ2) is 3.80. The van der Waals surface area contributed by atoms with Crippen LogP contribution in [0.2, 0.25) is 0 Å². The lowest BCUT2D eigenvalue weighted by Gasteiger charge is -2.07. The molecule has 90 valence electrons. The van der Waals surface area contributed by atoms with Crippen molar-refractivity contribution in [2.45, 2.75) is 33.0 Å². The van der Waals surface area contributed by atoms with Crippen LogP contribution in [0.1, 0.15) is 41.6 Å². The van der Waals surface area contributed by atoms with Crippen LogP contribution in [-0.4, -0.2) is 20.9 Å². The van der Waals surface area contributed by atoms with E-state index in [0.717, 1.165) is 4.68 Å². The molecular weight excluding hydrogens is 225 g/mol. The van der Waals surface area contributed by atoms with Crippen LogP contribution in [-0.2, 0) is 6.18 Å². The molecule has 7 heteroatoms. The second-order valence-electron chi connectivity index (χ2n) is 3.65. The van der Waals surface area contributed by atoms with Crippen molar-refractivity contribution in [3.63, 3.8) is 0 Å². The number of carbonyl (C=O) groups is 1. The zero-order valence-electron chi connectivity index (χ0n) is 8.96. The minimum Gasteiger partial charge on any atom is -0.478 e. The van der Waals surface area contributed by atoms with Crippen molar-refractivity contribution in [1.29, 1.82) is 0 Å². The first-order valence-electron chi connectivity index (χ1n) is 4.55. The van der Waals surface area contributed by atoms with Crippen molar-refractivity contribution in [3.05, 3.63) is 17.0 Å². The van der Waals surface area contributed by atoms with E-state index in [1.165, 1.54) is 6.92 Å². The third kappa shape index (κ3) is 2.02. The van der Waals surface area contributed by atoms with Crippen molar-refractivity contribution in [3.8, 4) is 0 Å². The third-order valence-electron chi connectivity index (χ3n) is 2.12. The van der Waals surface area contributed by atoms with Gasteiger partial charge >= 0.3 is 12.1 Å². The van der Waals surface area contributed by atoms with Gasteiger partial charge in [-0.3, -0.25) is 4.68 Å². The van der Waals surface area contributed by atoms with Gasteiger partial charge in [0.2, 0.25) is 0 Å². The summed E-state index contributed by atoms with van der Waals surface area (Å²) in [7, 11) is 0. The van der Waals surface area contributed by atoms with Gasteiger partial charge in [0.25, 0.3) is 0 Å². The Hall–Kier alpha value is -1.53. The highest BCUT2D eigenvalue weighted by molar-refractivity contribution is 5.90. The number of carboxylic acids is 1. The summed E-state index contributed by atoms with van der Waals surface area (Å²) in [5.74, 6) is -1.61. The molecule has 0 saturated carbocycles. The van der Waals surface area contributed by atoms with Gasteiger partial charge in [0.05, 0.1) is 5.69 Å². The lowest BCUT2D eigenvalue weighted by atomic mass is 10.2. The highest BCUT2D eigenvalue weighted by atomic mass is 19.4. The van der Waals surface area contributed by atoms with E-state index in [2.05, 4.69) is 5.10 Å². The molecule has 1 rings (SSSR count). The van der Waals surface area contributed by atoms with Crippen LogP contribution >= 0.6 is 0 Å². The number of hydrogen-bond donors (Lipinski definition) is 1. The Kier molecular flexibility index (Phi) is 2.98. The number of alkyl halides is 3. The molecular formula is C9H11F3N2O2. The van der Waals surface area contributed by atoms with Crippen LogP contribution in [0.4, 0.5) is 13.2 Å². The molecule has 0 aliphatic carbocycles. The molecule has 0 aromatic carbocycles. The number of rotatable bonds is 2. The van der Waals surface area contributed by atoms with Gasteiger partial charge in [0.15, 0.2) is 5.69 Å². The second-order valence-corrected chi connectivity index (χ2v) is 3.65. The van der Waals surface area contributed by atoms with Gasteiger partial charge in [-0.25, -0.2) is 4.79 Å². The summed E-state index contributed by atoms with van der Waals surface area (Å²) < 4.78 is 38.6. The Morgan fingerprint density at radius 3 is 2.19 bits per heavy atom. The van der Waals surface area contributed by atoms with Crippen LogP contribution in [0.3, 0.4) is 0 Å². The maximum absolute atomic E-state index is 12.5. The molecule has 0 saturated heterocycles. The van der Waals surface area contributed by atoms with E-state index < -0.39 is 23.4 Å². The lowest BCUT2D eigenvalue weighted by Crippen LogP contribution is -2.12. The van der Waals surface area contributed by atoms with Gasteiger partial charge in [-0.1, -0.05) is 0 Å². The fourth-order valence-electron chi connectivity index (χ4n) is 1.48. The number of carboxylic acid groups (broad SMARTS) is 1. The molecule has 0 atom stereocenters. The van der Waals surface area contributed by atoms with E-state index in [-0.39, 0.29) is 11.7 Å². The van der Waals surface area contributed by atoms with Crippen LogP contribution in [0.15, 0.2) is 0 Å². The summed E-state index contributed by atoms with van der Waals surface area (Å²) in [5.41, 5.74) is -2.11. The highest BCUT2D eigenvalue weighted by Crippen LogP contribution is 2.33. The molecule has 1 heterocycles. The minimum absolute atomic E-state index is 0.00910. The smallest absolute Gasteiger partial charge is 0.436 e. The summed E-state index contributed by atoms with van der Waals surface area (Å²) in [6, 6.07) is -0.325. The summed E-state index contributed by atoms with van der Waals surface area (Å²) in [5, 5.41) is 12.1. The van der Waals surface area contributed by atoms with E-state index >= 15 is 0 Å². The van der Waals surface area contributed by atoms with Crippen molar-refractivity contribution in [2.75, 3.05) is 0 Å². The maximum atomic E-state index is 12.5. The van der Waals surface area contributed by atoms with Crippen LogP contribution < -0.4 is 0 Å². The quantitative estimate of drug-likeness (QED) is 0.858. The van der Waals surface area contributed by atoms with Crippen LogP contribution in [0.25, 0.3) is 0 Å². The fraction of sp³-hybridized carbons (Fsp3) is 0.556. The van der Waals surface area contributed by atoms with E-state index in [0.29, 0.717) is 0 Å². The fourth-order valence-corrected chi connectivity index (χ4v) is 1.48. The monoisotopic (exact) mass is 236 g/mol. The Balaban J connectivity index is 3.50. The molecule has 1 N–H and O–H groups in total. The van der Waals surface area contributed by atoms with E-state index in [1.54, 1.807) is 13.8 Å². The number of halogens is 3. The molecule has 0 fully saturated rings. The van der Waals surface area contributed by atoms with Crippen LogP contribution in [0.5, 0.6) is 0 Å². The number of aromatic carboxylic acids is 1. The normalized spacial score (nSPS) is 12.2. The summed E-state index contributed by atoms with van der Waals surface area (Å²) >= 11 is 0. The van der Waals surface area contributed by atoms with E-state index in [1.807, 2.05) is 0 Å². The Morgan fingerprint density at radius 1 is 1.44 bits per heavy atom. The molecule has 0 radical (unpaired) electrons. The summed E-state index contributed by atoms with van der Waals surface area (Å²) in [6.07, 6.45) is -4.75. The summed E-state index contributed by atoms with van der Waals surface area (Å²) in [6.45, 7) is 4.57. The van der Waals surface area contributed by atoms with Gasteiger partial charge < -0.3 is 5.11 Å². The SMILES string of the molecule is Cc1c(C(=O)O)c(C(F)(F)F)nn1C(C)C. The first-order chi connectivity index (χ1) is 7.16. The van der Waals surface area contributed by atoms with Gasteiger partial charge in [-0.2, -0.15) is 18.3 Å². The van der Waals surface area contributed by atoms with Crippen LogP contribution in [0, 0.1) is 6.92 Å². The van der Waals surface area contributed by atoms with Gasteiger partial charge in [0.1, 0.15) is 5.56 Å². The predicted octanol–water partition coefficient (Wildman–Crippen LogP) is 2.49. The molecule has 0 aliphatic heterocycles. The number of aromatic nitrogens is 2. The molecule has 0 unspecified atom stereocenters. The zero-order chi connectivity index (χ0) is 12.7. The van der Waals surface area contributed by atoms with Crippen molar-refractivity contribution < 1.29 is 23.1 Å². The molecule has 16 heavy (non-hydrogen) atoms. The van der Waals surface area contributed by atoms with Crippen molar-refractivity contribution in [1.82, 2.24) is 9.78 Å².